The van der Waals surface area contributed by atoms with Crippen LogP contribution in [-0.4, -0.2) is 20.7 Å². The first-order valence-electron chi connectivity index (χ1n) is 7.20. The summed E-state index contributed by atoms with van der Waals surface area (Å²) in [6.45, 7) is 6.11. The fourth-order valence-corrected chi connectivity index (χ4v) is 2.48. The number of aromatic nitrogens is 3. The molecule has 22 heavy (non-hydrogen) atoms. The molecule has 0 spiro atoms. The van der Waals surface area contributed by atoms with Gasteiger partial charge in [0, 0.05) is 11.8 Å². The number of aryl methyl sites for hydroxylation is 4. The Morgan fingerprint density at radius 3 is 2.86 bits per heavy atom. The van der Waals surface area contributed by atoms with Gasteiger partial charge in [0.25, 0.3) is 0 Å². The van der Waals surface area contributed by atoms with Crippen LogP contribution in [0.4, 0.5) is 5.69 Å². The van der Waals surface area contributed by atoms with Crippen LogP contribution in [0.3, 0.4) is 0 Å². The molecule has 0 saturated carbocycles. The van der Waals surface area contributed by atoms with Crippen LogP contribution in [0.1, 0.15) is 23.8 Å². The van der Waals surface area contributed by atoms with Crippen LogP contribution in [0.2, 0.25) is 0 Å². The zero-order valence-corrected chi connectivity index (χ0v) is 12.9. The van der Waals surface area contributed by atoms with Crippen LogP contribution in [0.15, 0.2) is 28.7 Å². The molecule has 1 N–H and O–H groups in total. The molecule has 3 rings (SSSR count). The number of nitrogens with one attached hydrogen (secondary N) is 1. The van der Waals surface area contributed by atoms with Crippen molar-refractivity contribution < 1.29 is 9.21 Å². The standard InChI is InChI=1S/C16H18N4O2/c1-10-9-13-5-4-6-14(16(13)22-10)18-15(21)7-8-20-12(3)17-11(2)19-20/h4-6,9H,7-8H2,1-3H3,(H,18,21). The largest absolute Gasteiger partial charge is 0.459 e. The number of amides is 1. The number of benzene rings is 1. The molecule has 0 atom stereocenters. The first-order chi connectivity index (χ1) is 10.5. The molecule has 2 heterocycles. The Bertz CT molecular complexity index is 832. The van der Waals surface area contributed by atoms with Crippen molar-refractivity contribution in [1.82, 2.24) is 14.8 Å². The van der Waals surface area contributed by atoms with Gasteiger partial charge in [0.15, 0.2) is 5.58 Å². The van der Waals surface area contributed by atoms with E-state index in [9.17, 15) is 4.79 Å². The van der Waals surface area contributed by atoms with E-state index in [1.807, 2.05) is 45.0 Å². The van der Waals surface area contributed by atoms with Gasteiger partial charge in [0.2, 0.25) is 5.91 Å². The lowest BCUT2D eigenvalue weighted by atomic mass is 10.2. The van der Waals surface area contributed by atoms with Crippen molar-refractivity contribution in [2.45, 2.75) is 33.7 Å². The third-order valence-corrected chi connectivity index (χ3v) is 3.45. The van der Waals surface area contributed by atoms with Crippen molar-refractivity contribution in [1.29, 1.82) is 0 Å². The lowest BCUT2D eigenvalue weighted by Crippen LogP contribution is -2.15. The van der Waals surface area contributed by atoms with E-state index < -0.39 is 0 Å². The maximum Gasteiger partial charge on any atom is 0.226 e. The molecular formula is C16H18N4O2. The second-order valence-corrected chi connectivity index (χ2v) is 5.31. The van der Waals surface area contributed by atoms with Crippen LogP contribution < -0.4 is 5.32 Å². The number of hydrogen-bond acceptors (Lipinski definition) is 4. The van der Waals surface area contributed by atoms with E-state index in [0.717, 1.165) is 17.0 Å². The number of rotatable bonds is 4. The van der Waals surface area contributed by atoms with E-state index in [4.69, 9.17) is 4.42 Å². The topological polar surface area (TPSA) is 73.0 Å². The molecule has 1 amide bonds. The molecule has 6 heteroatoms. The Morgan fingerprint density at radius 2 is 2.14 bits per heavy atom. The van der Waals surface area contributed by atoms with E-state index in [-0.39, 0.29) is 5.91 Å². The molecule has 0 bridgehead atoms. The number of anilines is 1. The monoisotopic (exact) mass is 298 g/mol. The minimum absolute atomic E-state index is 0.0749. The van der Waals surface area contributed by atoms with Gasteiger partial charge in [-0.05, 0) is 32.9 Å². The first-order valence-corrected chi connectivity index (χ1v) is 7.20. The van der Waals surface area contributed by atoms with E-state index in [0.29, 0.717) is 30.1 Å². The smallest absolute Gasteiger partial charge is 0.226 e. The van der Waals surface area contributed by atoms with Gasteiger partial charge < -0.3 is 9.73 Å². The summed E-state index contributed by atoms with van der Waals surface area (Å²) in [4.78, 5) is 16.4. The first kappa shape index (κ1) is 14.3. The number of hydrogen-bond donors (Lipinski definition) is 1. The Kier molecular flexibility index (Phi) is 3.66. The summed E-state index contributed by atoms with van der Waals surface area (Å²) >= 11 is 0. The van der Waals surface area contributed by atoms with Crippen LogP contribution in [0.5, 0.6) is 0 Å². The fourth-order valence-electron chi connectivity index (χ4n) is 2.48. The molecule has 1 aromatic carbocycles. The number of furan rings is 1. The van der Waals surface area contributed by atoms with Gasteiger partial charge in [-0.3, -0.25) is 4.79 Å². The summed E-state index contributed by atoms with van der Waals surface area (Å²) < 4.78 is 7.39. The van der Waals surface area contributed by atoms with E-state index in [1.165, 1.54) is 0 Å². The SMILES string of the molecule is Cc1nc(C)n(CCC(=O)Nc2cccc3cc(C)oc23)n1. The molecule has 0 fully saturated rings. The summed E-state index contributed by atoms with van der Waals surface area (Å²) in [7, 11) is 0. The minimum atomic E-state index is -0.0749. The number of para-hydroxylation sites is 1. The average molecular weight is 298 g/mol. The summed E-state index contributed by atoms with van der Waals surface area (Å²) in [5.41, 5.74) is 1.41. The second-order valence-electron chi connectivity index (χ2n) is 5.31. The molecule has 0 radical (unpaired) electrons. The summed E-state index contributed by atoms with van der Waals surface area (Å²) in [6.07, 6.45) is 0.333. The Balaban J connectivity index is 1.69. The Hall–Kier alpha value is -2.63. The van der Waals surface area contributed by atoms with Gasteiger partial charge >= 0.3 is 0 Å². The van der Waals surface area contributed by atoms with E-state index in [2.05, 4.69) is 15.4 Å². The van der Waals surface area contributed by atoms with Crippen molar-refractivity contribution in [3.63, 3.8) is 0 Å². The summed E-state index contributed by atoms with van der Waals surface area (Å²) in [6, 6.07) is 7.65. The summed E-state index contributed by atoms with van der Waals surface area (Å²) in [5.74, 6) is 2.28. The van der Waals surface area contributed by atoms with Gasteiger partial charge in [0.1, 0.15) is 17.4 Å². The highest BCUT2D eigenvalue weighted by Crippen LogP contribution is 2.26. The van der Waals surface area contributed by atoms with Crippen molar-refractivity contribution >= 4 is 22.6 Å². The third-order valence-electron chi connectivity index (χ3n) is 3.45. The third kappa shape index (κ3) is 2.86. The molecule has 0 unspecified atom stereocenters. The maximum absolute atomic E-state index is 12.1. The Labute approximate surface area is 128 Å². The fraction of sp³-hybridized carbons (Fsp3) is 0.312. The highest BCUT2D eigenvalue weighted by Gasteiger charge is 2.10. The van der Waals surface area contributed by atoms with E-state index in [1.54, 1.807) is 4.68 Å². The molecule has 0 aliphatic heterocycles. The molecule has 114 valence electrons. The molecule has 2 aromatic heterocycles. The molecule has 6 nitrogen and oxygen atoms in total. The van der Waals surface area contributed by atoms with Crippen LogP contribution >= 0.6 is 0 Å². The van der Waals surface area contributed by atoms with Crippen molar-refractivity contribution in [3.8, 4) is 0 Å². The van der Waals surface area contributed by atoms with Crippen molar-refractivity contribution in [2.24, 2.45) is 0 Å². The zero-order chi connectivity index (χ0) is 15.7. The van der Waals surface area contributed by atoms with Gasteiger partial charge in [-0.2, -0.15) is 5.10 Å². The Morgan fingerprint density at radius 1 is 1.32 bits per heavy atom. The number of carbonyl (C=O) groups is 1. The highest BCUT2D eigenvalue weighted by molar-refractivity contribution is 5.99. The molecule has 0 saturated heterocycles. The minimum Gasteiger partial charge on any atom is -0.459 e. The maximum atomic E-state index is 12.1. The lowest BCUT2D eigenvalue weighted by molar-refractivity contribution is -0.116. The van der Waals surface area contributed by atoms with E-state index >= 15 is 0 Å². The van der Waals surface area contributed by atoms with Crippen molar-refractivity contribution in [2.75, 3.05) is 5.32 Å². The molecule has 0 aliphatic carbocycles. The zero-order valence-electron chi connectivity index (χ0n) is 12.9. The van der Waals surface area contributed by atoms with Crippen LogP contribution in [0.25, 0.3) is 11.0 Å². The number of carbonyl (C=O) groups excluding carboxylic acids is 1. The predicted octanol–water partition coefficient (Wildman–Crippen LogP) is 2.98. The lowest BCUT2D eigenvalue weighted by Gasteiger charge is -2.06. The van der Waals surface area contributed by atoms with Crippen LogP contribution in [-0.2, 0) is 11.3 Å². The summed E-state index contributed by atoms with van der Waals surface area (Å²) in [5, 5.41) is 8.13. The van der Waals surface area contributed by atoms with Gasteiger partial charge in [-0.15, -0.1) is 0 Å². The quantitative estimate of drug-likeness (QED) is 0.803. The normalized spacial score (nSPS) is 11.0. The molecule has 0 aliphatic rings. The molecular weight excluding hydrogens is 280 g/mol. The van der Waals surface area contributed by atoms with Crippen LogP contribution in [0, 0.1) is 20.8 Å². The van der Waals surface area contributed by atoms with Gasteiger partial charge in [-0.1, -0.05) is 12.1 Å². The predicted molar refractivity (Wildman–Crippen MR) is 83.7 cm³/mol. The van der Waals surface area contributed by atoms with Gasteiger partial charge in [-0.25, -0.2) is 9.67 Å². The van der Waals surface area contributed by atoms with Gasteiger partial charge in [0.05, 0.1) is 12.2 Å². The second kappa shape index (κ2) is 5.63. The average Bonchev–Trinajstić information content (AvgIpc) is 2.98. The number of fused-ring (bicyclic) bond motifs is 1. The van der Waals surface area contributed by atoms with Crippen molar-refractivity contribution in [3.05, 3.63) is 41.7 Å². The number of nitrogens with zero attached hydrogens (tertiary/aromatic N) is 3. The highest BCUT2D eigenvalue weighted by atomic mass is 16.3. The molecule has 3 aromatic rings.